The van der Waals surface area contributed by atoms with E-state index in [0.717, 1.165) is 36.6 Å². The zero-order valence-electron chi connectivity index (χ0n) is 15.8. The number of pyridine rings is 1. The van der Waals surface area contributed by atoms with Gasteiger partial charge < -0.3 is 10.2 Å². The molecule has 3 rings (SSSR count). The smallest absolute Gasteiger partial charge is 0.272 e. The molecule has 0 unspecified atom stereocenters. The van der Waals surface area contributed by atoms with Crippen LogP contribution in [-0.4, -0.2) is 34.2 Å². The molecule has 26 heavy (non-hydrogen) atoms. The second-order valence-electron chi connectivity index (χ2n) is 7.48. The Morgan fingerprint density at radius 1 is 1.23 bits per heavy atom. The van der Waals surface area contributed by atoms with Crippen LogP contribution >= 0.6 is 0 Å². The third-order valence-corrected chi connectivity index (χ3v) is 4.68. The van der Waals surface area contributed by atoms with Gasteiger partial charge in [0.25, 0.3) is 5.91 Å². The summed E-state index contributed by atoms with van der Waals surface area (Å²) < 4.78 is 0. The largest absolute Gasteiger partial charge is 0.357 e. The van der Waals surface area contributed by atoms with Crippen molar-refractivity contribution >= 4 is 11.7 Å². The van der Waals surface area contributed by atoms with Crippen molar-refractivity contribution in [3.63, 3.8) is 0 Å². The number of hydrogen-bond acceptors (Lipinski definition) is 4. The minimum atomic E-state index is -0.159. The number of H-pyrrole nitrogens is 1. The van der Waals surface area contributed by atoms with E-state index in [-0.39, 0.29) is 5.91 Å². The summed E-state index contributed by atoms with van der Waals surface area (Å²) in [5.74, 6) is 1.40. The molecule has 6 heteroatoms. The summed E-state index contributed by atoms with van der Waals surface area (Å²) in [6, 6.07) is 5.93. The highest BCUT2D eigenvalue weighted by atomic mass is 16.1. The Labute approximate surface area is 155 Å². The van der Waals surface area contributed by atoms with E-state index in [4.69, 9.17) is 0 Å². The number of amides is 1. The summed E-state index contributed by atoms with van der Waals surface area (Å²) in [6.45, 7) is 6.91. The second-order valence-corrected chi connectivity index (χ2v) is 7.48. The van der Waals surface area contributed by atoms with Crippen LogP contribution in [0.3, 0.4) is 0 Å². The number of nitrogens with one attached hydrogen (secondary N) is 2. The van der Waals surface area contributed by atoms with Gasteiger partial charge in [0.15, 0.2) is 0 Å². The van der Waals surface area contributed by atoms with E-state index >= 15 is 0 Å². The van der Waals surface area contributed by atoms with Gasteiger partial charge in [-0.3, -0.25) is 9.89 Å². The minimum absolute atomic E-state index is 0.159. The highest BCUT2D eigenvalue weighted by Crippen LogP contribution is 2.17. The quantitative estimate of drug-likeness (QED) is 0.834. The van der Waals surface area contributed by atoms with Crippen LogP contribution in [0.2, 0.25) is 0 Å². The monoisotopic (exact) mass is 355 g/mol. The van der Waals surface area contributed by atoms with Crippen LogP contribution in [0, 0.1) is 5.92 Å². The fourth-order valence-corrected chi connectivity index (χ4v) is 3.30. The van der Waals surface area contributed by atoms with Gasteiger partial charge in [0.1, 0.15) is 11.5 Å². The molecule has 2 aromatic heterocycles. The van der Waals surface area contributed by atoms with Crippen molar-refractivity contribution in [3.8, 4) is 0 Å². The van der Waals surface area contributed by atoms with E-state index < -0.39 is 0 Å². The standard InChI is InChI=1S/C20H29N5O/c1-15(2)11-17-12-18(24-23-17)20(26)22-14-16-7-8-19(21-13-16)25-9-5-3-4-6-10-25/h7-8,12-13,15H,3-6,9-11,14H2,1-2H3,(H,22,26)(H,23,24). The van der Waals surface area contributed by atoms with Crippen molar-refractivity contribution in [1.82, 2.24) is 20.5 Å². The van der Waals surface area contributed by atoms with Gasteiger partial charge in [-0.15, -0.1) is 0 Å². The van der Waals surface area contributed by atoms with Crippen LogP contribution in [0.25, 0.3) is 0 Å². The summed E-state index contributed by atoms with van der Waals surface area (Å²) in [5.41, 5.74) is 2.43. The van der Waals surface area contributed by atoms with Crippen molar-refractivity contribution in [2.75, 3.05) is 18.0 Å². The van der Waals surface area contributed by atoms with E-state index in [1.807, 2.05) is 18.3 Å². The number of hydrogen-bond donors (Lipinski definition) is 2. The molecular weight excluding hydrogens is 326 g/mol. The predicted molar refractivity (Wildman–Crippen MR) is 103 cm³/mol. The molecule has 1 fully saturated rings. The maximum atomic E-state index is 12.2. The molecule has 1 amide bonds. The zero-order chi connectivity index (χ0) is 18.4. The highest BCUT2D eigenvalue weighted by Gasteiger charge is 2.13. The molecule has 0 saturated carbocycles. The number of aromatic amines is 1. The van der Waals surface area contributed by atoms with Gasteiger partial charge in [0.05, 0.1) is 0 Å². The molecule has 1 saturated heterocycles. The van der Waals surface area contributed by atoms with E-state index in [0.29, 0.717) is 18.2 Å². The Morgan fingerprint density at radius 3 is 2.65 bits per heavy atom. The number of anilines is 1. The first-order valence-electron chi connectivity index (χ1n) is 9.64. The van der Waals surface area contributed by atoms with E-state index in [1.165, 1.54) is 25.7 Å². The molecule has 3 heterocycles. The molecule has 0 bridgehead atoms. The van der Waals surface area contributed by atoms with Crippen molar-refractivity contribution in [2.24, 2.45) is 5.92 Å². The molecule has 1 aliphatic heterocycles. The van der Waals surface area contributed by atoms with E-state index in [9.17, 15) is 4.79 Å². The number of rotatable bonds is 6. The van der Waals surface area contributed by atoms with Gasteiger partial charge in [-0.25, -0.2) is 4.98 Å². The fraction of sp³-hybridized carbons (Fsp3) is 0.550. The van der Waals surface area contributed by atoms with E-state index in [1.54, 1.807) is 0 Å². The number of carbonyl (C=O) groups is 1. The van der Waals surface area contributed by atoms with Crippen LogP contribution in [-0.2, 0) is 13.0 Å². The SMILES string of the molecule is CC(C)Cc1cc(C(=O)NCc2ccc(N3CCCCCC3)nc2)n[nH]1. The minimum Gasteiger partial charge on any atom is -0.357 e. The Bertz CT molecular complexity index is 699. The summed E-state index contributed by atoms with van der Waals surface area (Å²) in [7, 11) is 0. The Morgan fingerprint density at radius 2 is 2.00 bits per heavy atom. The van der Waals surface area contributed by atoms with Gasteiger partial charge in [-0.2, -0.15) is 5.10 Å². The zero-order valence-corrected chi connectivity index (χ0v) is 15.8. The van der Waals surface area contributed by atoms with Crippen molar-refractivity contribution in [2.45, 2.75) is 52.5 Å². The highest BCUT2D eigenvalue weighted by molar-refractivity contribution is 5.92. The summed E-state index contributed by atoms with van der Waals surface area (Å²) in [5, 5.41) is 9.96. The first-order valence-corrected chi connectivity index (χ1v) is 9.64. The van der Waals surface area contributed by atoms with E-state index in [2.05, 4.69) is 45.3 Å². The third-order valence-electron chi connectivity index (χ3n) is 4.68. The number of carbonyl (C=O) groups excluding carboxylic acids is 1. The maximum absolute atomic E-state index is 12.2. The predicted octanol–water partition coefficient (Wildman–Crippen LogP) is 3.31. The molecule has 2 aromatic rings. The Kier molecular flexibility index (Phi) is 6.26. The average Bonchev–Trinajstić information content (AvgIpc) is 2.92. The van der Waals surface area contributed by atoms with Gasteiger partial charge >= 0.3 is 0 Å². The lowest BCUT2D eigenvalue weighted by Crippen LogP contribution is -2.25. The average molecular weight is 355 g/mol. The lowest BCUT2D eigenvalue weighted by molar-refractivity contribution is 0.0946. The van der Waals surface area contributed by atoms with Crippen molar-refractivity contribution < 1.29 is 4.79 Å². The van der Waals surface area contributed by atoms with Crippen LogP contribution in [0.5, 0.6) is 0 Å². The third kappa shape index (κ3) is 5.07. The van der Waals surface area contributed by atoms with Crippen LogP contribution in [0.15, 0.2) is 24.4 Å². The Hall–Kier alpha value is -2.37. The van der Waals surface area contributed by atoms with Gasteiger partial charge in [-0.1, -0.05) is 32.8 Å². The number of aromatic nitrogens is 3. The molecule has 0 aliphatic carbocycles. The van der Waals surface area contributed by atoms with Crippen LogP contribution < -0.4 is 10.2 Å². The fourth-order valence-electron chi connectivity index (χ4n) is 3.30. The summed E-state index contributed by atoms with van der Waals surface area (Å²) in [4.78, 5) is 19.2. The molecule has 0 atom stereocenters. The van der Waals surface area contributed by atoms with Crippen LogP contribution in [0.1, 0.15) is 61.3 Å². The van der Waals surface area contributed by atoms with Crippen molar-refractivity contribution in [3.05, 3.63) is 41.3 Å². The molecule has 1 aliphatic rings. The summed E-state index contributed by atoms with van der Waals surface area (Å²) >= 11 is 0. The number of nitrogens with zero attached hydrogens (tertiary/aromatic N) is 3. The first kappa shape index (κ1) is 18.4. The molecule has 140 valence electrons. The van der Waals surface area contributed by atoms with Gasteiger partial charge in [0, 0.05) is 31.5 Å². The van der Waals surface area contributed by atoms with Gasteiger partial charge in [0.2, 0.25) is 0 Å². The molecule has 0 spiro atoms. The Balaban J connectivity index is 1.52. The first-order chi connectivity index (χ1) is 12.6. The molecule has 6 nitrogen and oxygen atoms in total. The molecule has 0 radical (unpaired) electrons. The lowest BCUT2D eigenvalue weighted by Gasteiger charge is -2.21. The van der Waals surface area contributed by atoms with Crippen molar-refractivity contribution in [1.29, 1.82) is 0 Å². The molecule has 2 N–H and O–H groups in total. The normalized spacial score (nSPS) is 15.1. The topological polar surface area (TPSA) is 73.9 Å². The maximum Gasteiger partial charge on any atom is 0.272 e. The molecule has 0 aromatic carbocycles. The second kappa shape index (κ2) is 8.83. The molecular formula is C20H29N5O. The summed E-state index contributed by atoms with van der Waals surface area (Å²) in [6.07, 6.45) is 7.85. The lowest BCUT2D eigenvalue weighted by atomic mass is 10.1. The van der Waals surface area contributed by atoms with Gasteiger partial charge in [-0.05, 0) is 42.9 Å². The van der Waals surface area contributed by atoms with Crippen LogP contribution in [0.4, 0.5) is 5.82 Å².